The molecule has 0 saturated carbocycles. The average Bonchev–Trinajstić information content (AvgIpc) is 2.99. The molecule has 0 amide bonds. The summed E-state index contributed by atoms with van der Waals surface area (Å²) in [5, 5.41) is 7.56. The van der Waals surface area contributed by atoms with Crippen LogP contribution in [0, 0.1) is 0 Å². The van der Waals surface area contributed by atoms with Gasteiger partial charge in [-0.05, 0) is 42.0 Å². The maximum atomic E-state index is 12.3. The lowest BCUT2D eigenvalue weighted by Gasteiger charge is -1.99. The third kappa shape index (κ3) is 3.15. The van der Waals surface area contributed by atoms with Crippen molar-refractivity contribution in [3.8, 4) is 11.5 Å². The van der Waals surface area contributed by atoms with Crippen molar-refractivity contribution < 1.29 is 12.8 Å². The maximum absolute atomic E-state index is 12.3. The summed E-state index contributed by atoms with van der Waals surface area (Å²) < 4.78 is 29.8. The van der Waals surface area contributed by atoms with E-state index in [0.29, 0.717) is 16.1 Å². The van der Waals surface area contributed by atoms with E-state index in [1.54, 1.807) is 36.4 Å². The molecule has 2 heterocycles. The number of hydrogen-bond acceptors (Lipinski definition) is 6. The Morgan fingerprint density at radius 2 is 1.68 bits per heavy atom. The van der Waals surface area contributed by atoms with E-state index >= 15 is 0 Å². The van der Waals surface area contributed by atoms with Crippen molar-refractivity contribution in [3.63, 3.8) is 0 Å². The molecule has 0 fully saturated rings. The molecule has 0 unspecified atom stereocenters. The van der Waals surface area contributed by atoms with Crippen LogP contribution in [0.2, 0.25) is 5.02 Å². The summed E-state index contributed by atoms with van der Waals surface area (Å²) in [4.78, 5) is 3.84. The Bertz CT molecular complexity index is 877. The number of nitrogens with zero attached hydrogens (tertiary/aromatic N) is 3. The SMILES string of the molecule is O=S(=O)(Cc1ccncc1)c1nnc(-c2ccc(Cl)cc2)o1. The minimum Gasteiger partial charge on any atom is -0.408 e. The van der Waals surface area contributed by atoms with Gasteiger partial charge in [0.1, 0.15) is 0 Å². The number of aromatic nitrogens is 3. The Balaban J connectivity index is 1.88. The van der Waals surface area contributed by atoms with Crippen LogP contribution in [0.25, 0.3) is 11.5 Å². The lowest BCUT2D eigenvalue weighted by Crippen LogP contribution is -2.05. The van der Waals surface area contributed by atoms with Gasteiger partial charge in [0, 0.05) is 23.0 Å². The predicted molar refractivity (Wildman–Crippen MR) is 79.9 cm³/mol. The van der Waals surface area contributed by atoms with Crippen molar-refractivity contribution in [2.24, 2.45) is 0 Å². The molecule has 6 nitrogen and oxygen atoms in total. The van der Waals surface area contributed by atoms with Crippen LogP contribution in [0.15, 0.2) is 58.4 Å². The number of hydrogen-bond donors (Lipinski definition) is 0. The fraction of sp³-hybridized carbons (Fsp3) is 0.0714. The van der Waals surface area contributed by atoms with E-state index in [1.165, 1.54) is 12.4 Å². The van der Waals surface area contributed by atoms with E-state index in [2.05, 4.69) is 15.2 Å². The van der Waals surface area contributed by atoms with Crippen molar-refractivity contribution in [2.75, 3.05) is 0 Å². The molecule has 0 saturated heterocycles. The molecule has 0 spiro atoms. The molecular weight excluding hydrogens is 326 g/mol. The molecule has 3 rings (SSSR count). The van der Waals surface area contributed by atoms with Gasteiger partial charge in [-0.25, -0.2) is 8.42 Å². The van der Waals surface area contributed by atoms with E-state index in [1.807, 2.05) is 0 Å². The number of rotatable bonds is 4. The first-order valence-electron chi connectivity index (χ1n) is 6.26. The second-order valence-electron chi connectivity index (χ2n) is 4.49. The molecule has 0 N–H and O–H groups in total. The molecule has 1 aromatic carbocycles. The quantitative estimate of drug-likeness (QED) is 0.728. The van der Waals surface area contributed by atoms with Crippen molar-refractivity contribution in [2.45, 2.75) is 11.0 Å². The molecule has 112 valence electrons. The van der Waals surface area contributed by atoms with E-state index in [4.69, 9.17) is 16.0 Å². The average molecular weight is 336 g/mol. The largest absolute Gasteiger partial charge is 0.408 e. The Hall–Kier alpha value is -2.25. The van der Waals surface area contributed by atoms with Crippen molar-refractivity contribution in [3.05, 3.63) is 59.4 Å². The van der Waals surface area contributed by atoms with Crippen molar-refractivity contribution >= 4 is 21.4 Å². The fourth-order valence-corrected chi connectivity index (χ4v) is 3.06. The Morgan fingerprint density at radius 3 is 2.36 bits per heavy atom. The summed E-state index contributed by atoms with van der Waals surface area (Å²) in [6.45, 7) is 0. The minimum absolute atomic E-state index is 0.130. The van der Waals surface area contributed by atoms with E-state index < -0.39 is 15.1 Å². The summed E-state index contributed by atoms with van der Waals surface area (Å²) in [5.74, 6) is -0.0948. The highest BCUT2D eigenvalue weighted by Gasteiger charge is 2.23. The molecule has 0 bridgehead atoms. The van der Waals surface area contributed by atoms with Crippen LogP contribution >= 0.6 is 11.6 Å². The molecule has 0 aliphatic heterocycles. The lowest BCUT2D eigenvalue weighted by molar-refractivity contribution is 0.439. The molecular formula is C14H10ClN3O3S. The topological polar surface area (TPSA) is 86.0 Å². The maximum Gasteiger partial charge on any atom is 0.336 e. The van der Waals surface area contributed by atoms with Gasteiger partial charge in [-0.1, -0.05) is 16.7 Å². The highest BCUT2D eigenvalue weighted by Crippen LogP contribution is 2.23. The molecule has 8 heteroatoms. The van der Waals surface area contributed by atoms with Gasteiger partial charge in [-0.15, -0.1) is 5.10 Å². The second-order valence-corrected chi connectivity index (χ2v) is 6.80. The first kappa shape index (κ1) is 14.7. The van der Waals surface area contributed by atoms with Crippen LogP contribution < -0.4 is 0 Å². The smallest absolute Gasteiger partial charge is 0.336 e. The fourth-order valence-electron chi connectivity index (χ4n) is 1.80. The number of benzene rings is 1. The van der Waals surface area contributed by atoms with Gasteiger partial charge >= 0.3 is 5.22 Å². The van der Waals surface area contributed by atoms with Crippen LogP contribution in [0.5, 0.6) is 0 Å². The van der Waals surface area contributed by atoms with Crippen LogP contribution in [0.4, 0.5) is 0 Å². The van der Waals surface area contributed by atoms with Crippen LogP contribution in [0.1, 0.15) is 5.56 Å². The summed E-state index contributed by atoms with van der Waals surface area (Å²) in [7, 11) is -3.70. The van der Waals surface area contributed by atoms with Crippen molar-refractivity contribution in [1.29, 1.82) is 0 Å². The summed E-state index contributed by atoms with van der Waals surface area (Å²) in [5.41, 5.74) is 1.20. The summed E-state index contributed by atoms with van der Waals surface area (Å²) in [6, 6.07) is 9.91. The third-order valence-electron chi connectivity index (χ3n) is 2.87. The normalized spacial score (nSPS) is 11.5. The van der Waals surface area contributed by atoms with Crippen molar-refractivity contribution in [1.82, 2.24) is 15.2 Å². The summed E-state index contributed by atoms with van der Waals surface area (Å²) >= 11 is 5.80. The minimum atomic E-state index is -3.70. The Kier molecular flexibility index (Phi) is 3.91. The molecule has 22 heavy (non-hydrogen) atoms. The van der Waals surface area contributed by atoms with Gasteiger partial charge in [0.2, 0.25) is 15.7 Å². The number of pyridine rings is 1. The highest BCUT2D eigenvalue weighted by molar-refractivity contribution is 7.90. The van der Waals surface area contributed by atoms with E-state index in [9.17, 15) is 8.42 Å². The van der Waals surface area contributed by atoms with Gasteiger partial charge in [-0.3, -0.25) is 4.98 Å². The van der Waals surface area contributed by atoms with Gasteiger partial charge in [-0.2, -0.15) is 0 Å². The van der Waals surface area contributed by atoms with E-state index in [-0.39, 0.29) is 11.6 Å². The van der Waals surface area contributed by atoms with Gasteiger partial charge < -0.3 is 4.42 Å². The molecule has 0 radical (unpaired) electrons. The molecule has 2 aromatic heterocycles. The first-order valence-corrected chi connectivity index (χ1v) is 8.29. The zero-order chi connectivity index (χ0) is 15.6. The number of sulfone groups is 1. The predicted octanol–water partition coefficient (Wildman–Crippen LogP) is 2.76. The van der Waals surface area contributed by atoms with Gasteiger partial charge in [0.15, 0.2) is 0 Å². The molecule has 0 aliphatic carbocycles. The monoisotopic (exact) mass is 335 g/mol. The van der Waals surface area contributed by atoms with Gasteiger partial charge in [0.25, 0.3) is 0 Å². The molecule has 3 aromatic rings. The van der Waals surface area contributed by atoms with Crippen LogP contribution in [-0.2, 0) is 15.6 Å². The summed E-state index contributed by atoms with van der Waals surface area (Å²) in [6.07, 6.45) is 3.05. The zero-order valence-corrected chi connectivity index (χ0v) is 12.8. The van der Waals surface area contributed by atoms with E-state index in [0.717, 1.165) is 0 Å². The Morgan fingerprint density at radius 1 is 1.00 bits per heavy atom. The zero-order valence-electron chi connectivity index (χ0n) is 11.2. The van der Waals surface area contributed by atoms with Crippen LogP contribution in [-0.4, -0.2) is 23.6 Å². The number of halogens is 1. The molecule has 0 atom stereocenters. The standard InChI is InChI=1S/C14H10ClN3O3S/c15-12-3-1-11(2-4-12)13-17-18-14(21-13)22(19,20)9-10-5-7-16-8-6-10/h1-8H,9H2. The second kappa shape index (κ2) is 5.86. The first-order chi connectivity index (χ1) is 10.5. The lowest BCUT2D eigenvalue weighted by atomic mass is 10.2. The third-order valence-corrected chi connectivity index (χ3v) is 4.53. The van der Waals surface area contributed by atoms with Crippen LogP contribution in [0.3, 0.4) is 0 Å². The van der Waals surface area contributed by atoms with Gasteiger partial charge in [0.05, 0.1) is 5.75 Å². The Labute approximate surface area is 131 Å². The highest BCUT2D eigenvalue weighted by atomic mass is 35.5. The molecule has 0 aliphatic rings.